The molecule has 0 saturated carbocycles. The predicted octanol–water partition coefficient (Wildman–Crippen LogP) is 4.25. The number of aliphatic hydroxyl groups excluding tert-OH is 2. The summed E-state index contributed by atoms with van der Waals surface area (Å²) in [5.74, 6) is -8.74. The maximum Gasteiger partial charge on any atom is 0.312 e. The third-order valence-electron chi connectivity index (χ3n) is 9.95. The molecule has 12 heteroatoms. The number of nitrogens with one attached hydrogen (secondary N) is 1. The first-order valence-corrected chi connectivity index (χ1v) is 16.3. The lowest BCUT2D eigenvalue weighted by Gasteiger charge is -2.37. The highest BCUT2D eigenvalue weighted by molar-refractivity contribution is 6.30. The molecule has 1 aromatic rings. The highest BCUT2D eigenvalue weighted by Crippen LogP contribution is 2.48. The molecule has 4 aliphatic rings. The minimum Gasteiger partial charge on any atom is -0.507 e. The Labute approximate surface area is 285 Å². The molecule has 264 valence electrons. The molecule has 0 spiro atoms. The number of hydrogen-bond donors (Lipinski definition) is 4. The zero-order valence-corrected chi connectivity index (χ0v) is 29.2. The average Bonchev–Trinajstić information content (AvgIpc) is 3.31. The van der Waals surface area contributed by atoms with Crippen molar-refractivity contribution in [1.82, 2.24) is 5.32 Å². The maximum atomic E-state index is 13.8. The molecule has 0 aromatic heterocycles. The number of aliphatic hydroxyl groups is 2. The van der Waals surface area contributed by atoms with Crippen molar-refractivity contribution < 1.29 is 53.5 Å². The fourth-order valence-electron chi connectivity index (χ4n) is 6.49. The van der Waals surface area contributed by atoms with Crippen LogP contribution in [0.1, 0.15) is 92.0 Å². The Balaban J connectivity index is 1.81. The number of phenols is 1. The topological polar surface area (TPSA) is 186 Å². The number of fused-ring (bicyclic) bond motifs is 14. The Hall–Kier alpha value is -4.55. The van der Waals surface area contributed by atoms with Crippen molar-refractivity contribution in [2.24, 2.45) is 29.6 Å². The van der Waals surface area contributed by atoms with Gasteiger partial charge in [-0.2, -0.15) is 0 Å². The van der Waals surface area contributed by atoms with Crippen molar-refractivity contribution >= 4 is 29.2 Å². The zero-order valence-electron chi connectivity index (χ0n) is 29.2. The molecule has 0 fully saturated rings. The Morgan fingerprint density at radius 3 is 2.18 bits per heavy atom. The number of allylic oxidation sites excluding steroid dienone is 5. The van der Waals surface area contributed by atoms with E-state index in [0.717, 1.165) is 6.08 Å². The first kappa shape index (κ1) is 37.3. The van der Waals surface area contributed by atoms with E-state index in [1.165, 1.54) is 40.0 Å². The number of Topliss-reactive ketones (excluding diaryl/α,β-unsaturated/α-hetero) is 2. The van der Waals surface area contributed by atoms with Gasteiger partial charge in [0.15, 0.2) is 5.78 Å². The zero-order chi connectivity index (χ0) is 36.7. The number of phenolic OH excluding ortho intramolecular Hbond substituents is 1. The number of benzene rings is 1. The second-order valence-electron chi connectivity index (χ2n) is 13.5. The summed E-state index contributed by atoms with van der Waals surface area (Å²) in [6.07, 6.45) is 5.61. The summed E-state index contributed by atoms with van der Waals surface area (Å²) in [4.78, 5) is 66.1. The van der Waals surface area contributed by atoms with E-state index in [-0.39, 0.29) is 45.5 Å². The number of carbonyl (C=O) groups is 5. The lowest BCUT2D eigenvalue weighted by atomic mass is 9.77. The summed E-state index contributed by atoms with van der Waals surface area (Å²) >= 11 is 0. The second-order valence-corrected chi connectivity index (χ2v) is 13.5. The van der Waals surface area contributed by atoms with Crippen LogP contribution in [0, 0.1) is 36.5 Å². The minimum atomic E-state index is -1.97. The molecule has 9 atom stereocenters. The largest absolute Gasteiger partial charge is 0.507 e. The van der Waals surface area contributed by atoms with Crippen molar-refractivity contribution in [1.29, 1.82) is 0 Å². The van der Waals surface area contributed by atoms with Crippen molar-refractivity contribution in [2.45, 2.75) is 86.4 Å². The number of hydrogen-bond acceptors (Lipinski definition) is 11. The average molecular weight is 680 g/mol. The van der Waals surface area contributed by atoms with Crippen LogP contribution in [0.5, 0.6) is 11.5 Å². The number of ether oxygens (including phenoxy) is 3. The molecule has 3 aliphatic heterocycles. The van der Waals surface area contributed by atoms with Crippen molar-refractivity contribution in [3.63, 3.8) is 0 Å². The first-order valence-electron chi connectivity index (χ1n) is 16.3. The summed E-state index contributed by atoms with van der Waals surface area (Å²) in [7, 11) is 0. The normalized spacial score (nSPS) is 34.9. The summed E-state index contributed by atoms with van der Waals surface area (Å²) in [5.41, 5.74) is -1.20. The van der Waals surface area contributed by atoms with Gasteiger partial charge in [0.25, 0.3) is 11.7 Å². The van der Waals surface area contributed by atoms with Gasteiger partial charge in [-0.25, -0.2) is 0 Å². The fourth-order valence-corrected chi connectivity index (χ4v) is 6.49. The van der Waals surface area contributed by atoms with Crippen LogP contribution >= 0.6 is 0 Å². The molecule has 5 rings (SSSR count). The van der Waals surface area contributed by atoms with Gasteiger partial charge in [-0.05, 0) is 31.8 Å². The molecule has 0 saturated heterocycles. The Bertz CT molecular complexity index is 1700. The summed E-state index contributed by atoms with van der Waals surface area (Å²) in [6, 6.07) is 0. The quantitative estimate of drug-likeness (QED) is 0.311. The molecule has 1 amide bonds. The van der Waals surface area contributed by atoms with Gasteiger partial charge in [0.2, 0.25) is 5.78 Å². The third-order valence-corrected chi connectivity index (χ3v) is 9.95. The van der Waals surface area contributed by atoms with E-state index >= 15 is 0 Å². The molecule has 49 heavy (non-hydrogen) atoms. The van der Waals surface area contributed by atoms with Crippen molar-refractivity contribution in [3.05, 3.63) is 70.2 Å². The molecule has 1 aromatic carbocycles. The van der Waals surface area contributed by atoms with Gasteiger partial charge in [-0.1, -0.05) is 52.8 Å². The van der Waals surface area contributed by atoms with Gasteiger partial charge >= 0.3 is 11.8 Å². The number of amides is 1. The second kappa shape index (κ2) is 14.1. The number of aromatic hydroxyl groups is 1. The fraction of sp³-hybridized carbons (Fsp3) is 0.486. The van der Waals surface area contributed by atoms with Crippen LogP contribution in [-0.2, 0) is 19.1 Å². The van der Waals surface area contributed by atoms with E-state index in [2.05, 4.69) is 5.32 Å². The van der Waals surface area contributed by atoms with Crippen molar-refractivity contribution in [2.75, 3.05) is 0 Å². The van der Waals surface area contributed by atoms with E-state index in [9.17, 15) is 39.3 Å². The van der Waals surface area contributed by atoms with Gasteiger partial charge in [-0.15, -0.1) is 0 Å². The van der Waals surface area contributed by atoms with Crippen LogP contribution in [0.25, 0.3) is 0 Å². The molecule has 0 unspecified atom stereocenters. The number of carbonyl (C=O) groups excluding carboxylic acids is 5. The SMILES string of the molecule is CC(=O)O[C@H]1[C@H](C)[C@H](O)[C@H](C)[C@@H](O)[C@@H](C)/C=C/C=C(/C)C(=O)NC2=CC(=O)c3c(c(O)c(C)c4c3C(=O)[C@@](C)(O/C=C/[C@H](C)[C@H]1C)O4)C2=O. The van der Waals surface area contributed by atoms with Crippen LogP contribution in [0.2, 0.25) is 0 Å². The van der Waals surface area contributed by atoms with E-state index in [4.69, 9.17) is 14.2 Å². The first-order chi connectivity index (χ1) is 22.8. The highest BCUT2D eigenvalue weighted by atomic mass is 16.7. The van der Waals surface area contributed by atoms with Crippen LogP contribution in [0.4, 0.5) is 0 Å². The number of rotatable bonds is 1. The summed E-state index contributed by atoms with van der Waals surface area (Å²) in [5, 5.41) is 36.0. The van der Waals surface area contributed by atoms with Gasteiger partial charge in [-0.3, -0.25) is 24.0 Å². The molecular formula is C37H45NO11. The smallest absolute Gasteiger partial charge is 0.312 e. The summed E-state index contributed by atoms with van der Waals surface area (Å²) < 4.78 is 17.4. The maximum absolute atomic E-state index is 13.8. The van der Waals surface area contributed by atoms with Crippen LogP contribution in [0.3, 0.4) is 0 Å². The predicted molar refractivity (Wildman–Crippen MR) is 178 cm³/mol. The molecule has 3 heterocycles. The van der Waals surface area contributed by atoms with E-state index in [1.807, 2.05) is 13.8 Å². The molecule has 5 bridgehead atoms. The van der Waals surface area contributed by atoms with Gasteiger partial charge in [0.1, 0.15) is 17.6 Å². The number of ketones is 3. The standard InChI is InChI=1S/C37H45NO11/c1-16-13-14-47-37(9)35(45)28-26-25(40)15-24(32(44)27(26)31(43)22(7)34(28)49-37)38-36(46)18(3)12-10-11-17(2)29(41)20(5)30(42)21(6)33(19(16)4)48-23(8)39/h10-17,19-21,29-30,33,41-43H,1-9H3,(H,38,46)/b11-10+,14-13+,18-12-/t16-,17-,19+,20+,21+,29-,30+,33+,37-/m0/s1. The monoisotopic (exact) mass is 679 g/mol. The Morgan fingerprint density at radius 1 is 0.898 bits per heavy atom. The van der Waals surface area contributed by atoms with Crippen LogP contribution in [0.15, 0.2) is 47.9 Å². The Morgan fingerprint density at radius 2 is 1.55 bits per heavy atom. The minimum absolute atomic E-state index is 0.0307. The van der Waals surface area contributed by atoms with Gasteiger partial charge < -0.3 is 34.8 Å². The van der Waals surface area contributed by atoms with Gasteiger partial charge in [0, 0.05) is 48.8 Å². The van der Waals surface area contributed by atoms with Crippen LogP contribution < -0.4 is 10.1 Å². The van der Waals surface area contributed by atoms with E-state index in [1.54, 1.807) is 39.0 Å². The number of esters is 1. The molecular weight excluding hydrogens is 634 g/mol. The third kappa shape index (κ3) is 6.98. The van der Waals surface area contributed by atoms with Crippen LogP contribution in [-0.4, -0.2) is 68.6 Å². The summed E-state index contributed by atoms with van der Waals surface area (Å²) in [6.45, 7) is 14.4. The van der Waals surface area contributed by atoms with Gasteiger partial charge in [0.05, 0.1) is 40.9 Å². The lowest BCUT2D eigenvalue weighted by Crippen LogP contribution is -2.45. The lowest BCUT2D eigenvalue weighted by molar-refractivity contribution is -0.158. The Kier molecular flexibility index (Phi) is 10.7. The molecule has 4 N–H and O–H groups in total. The van der Waals surface area contributed by atoms with E-state index < -0.39 is 82.4 Å². The van der Waals surface area contributed by atoms with Crippen molar-refractivity contribution in [3.8, 4) is 11.5 Å². The molecule has 0 radical (unpaired) electrons. The van der Waals surface area contributed by atoms with E-state index in [0.29, 0.717) is 0 Å². The highest BCUT2D eigenvalue weighted by Gasteiger charge is 2.51. The molecule has 1 aliphatic carbocycles. The molecule has 12 nitrogen and oxygen atoms in total.